The summed E-state index contributed by atoms with van der Waals surface area (Å²) in [5, 5.41) is 3.95. The van der Waals surface area contributed by atoms with Gasteiger partial charge in [-0.25, -0.2) is 4.67 Å². The first-order valence-corrected chi connectivity index (χ1v) is 13.7. The standard InChI is InChI=1S/C30H40NOP/c1-29(2,3)24-18-19-27(26(22-24)30(4,5)6)32-33(31-20-11-7-8-12-21-31)28-17-13-15-23-14-9-10-16-25(23)28/h9-10,13-19,22H,7-8,11-12,20-21H2,1-6H3. The molecule has 0 radical (unpaired) electrons. The van der Waals surface area contributed by atoms with Gasteiger partial charge in [-0.2, -0.15) is 0 Å². The molecule has 2 nitrogen and oxygen atoms in total. The predicted octanol–water partition coefficient (Wildman–Crippen LogP) is 8.33. The molecule has 3 heteroatoms. The van der Waals surface area contributed by atoms with Crippen LogP contribution in [-0.4, -0.2) is 17.8 Å². The highest BCUT2D eigenvalue weighted by Gasteiger charge is 2.29. The van der Waals surface area contributed by atoms with Gasteiger partial charge in [0.05, 0.1) is 0 Å². The zero-order valence-corrected chi connectivity index (χ0v) is 22.2. The molecule has 0 aliphatic carbocycles. The van der Waals surface area contributed by atoms with Crippen molar-refractivity contribution in [3.63, 3.8) is 0 Å². The quantitative estimate of drug-likeness (QED) is 0.362. The van der Waals surface area contributed by atoms with Gasteiger partial charge in [-0.1, -0.05) is 103 Å². The molecule has 0 amide bonds. The van der Waals surface area contributed by atoms with Gasteiger partial charge < -0.3 is 4.52 Å². The summed E-state index contributed by atoms with van der Waals surface area (Å²) in [6, 6.07) is 22.3. The molecule has 3 aromatic rings. The van der Waals surface area contributed by atoms with Crippen molar-refractivity contribution in [2.45, 2.75) is 78.1 Å². The zero-order chi connectivity index (χ0) is 23.6. The van der Waals surface area contributed by atoms with E-state index in [0.717, 1.165) is 18.8 Å². The van der Waals surface area contributed by atoms with Crippen molar-refractivity contribution >= 4 is 24.4 Å². The predicted molar refractivity (Wildman–Crippen MR) is 145 cm³/mol. The molecule has 1 atom stereocenters. The third-order valence-corrected chi connectivity index (χ3v) is 8.74. The van der Waals surface area contributed by atoms with Gasteiger partial charge in [-0.15, -0.1) is 0 Å². The van der Waals surface area contributed by atoms with E-state index in [1.807, 2.05) is 0 Å². The Morgan fingerprint density at radius 1 is 0.727 bits per heavy atom. The molecule has 0 aromatic heterocycles. The molecular formula is C30H40NOP. The minimum absolute atomic E-state index is 0.00907. The van der Waals surface area contributed by atoms with Crippen molar-refractivity contribution in [3.05, 3.63) is 71.8 Å². The first kappa shape index (κ1) is 24.2. The molecule has 4 rings (SSSR count). The zero-order valence-electron chi connectivity index (χ0n) is 21.3. The van der Waals surface area contributed by atoms with Gasteiger partial charge in [0.1, 0.15) is 5.75 Å². The first-order chi connectivity index (χ1) is 15.6. The van der Waals surface area contributed by atoms with E-state index in [1.165, 1.54) is 52.9 Å². The van der Waals surface area contributed by atoms with Crippen molar-refractivity contribution in [3.8, 4) is 5.75 Å². The monoisotopic (exact) mass is 461 g/mol. The Kier molecular flexibility index (Phi) is 7.18. The lowest BCUT2D eigenvalue weighted by atomic mass is 9.80. The molecule has 1 fully saturated rings. The summed E-state index contributed by atoms with van der Waals surface area (Å²) in [6.45, 7) is 16.0. The van der Waals surface area contributed by atoms with E-state index >= 15 is 0 Å². The Morgan fingerprint density at radius 2 is 1.39 bits per heavy atom. The smallest absolute Gasteiger partial charge is 0.197 e. The molecule has 1 aliphatic rings. The fraction of sp³-hybridized carbons (Fsp3) is 0.467. The Bertz CT molecular complexity index is 1080. The number of hydrogen-bond donors (Lipinski definition) is 0. The first-order valence-electron chi connectivity index (χ1n) is 12.5. The van der Waals surface area contributed by atoms with Crippen LogP contribution < -0.4 is 9.83 Å². The van der Waals surface area contributed by atoms with Gasteiger partial charge in [-0.3, -0.25) is 0 Å². The number of hydrogen-bond acceptors (Lipinski definition) is 2. The van der Waals surface area contributed by atoms with Gasteiger partial charge in [0, 0.05) is 24.0 Å². The number of rotatable bonds is 4. The van der Waals surface area contributed by atoms with E-state index < -0.39 is 8.30 Å². The number of fused-ring (bicyclic) bond motifs is 1. The van der Waals surface area contributed by atoms with Crippen LogP contribution in [0.4, 0.5) is 0 Å². The number of nitrogens with zero attached hydrogens (tertiary/aromatic N) is 1. The second-order valence-corrected chi connectivity index (χ2v) is 13.2. The summed E-state index contributed by atoms with van der Waals surface area (Å²) < 4.78 is 9.75. The highest BCUT2D eigenvalue weighted by molar-refractivity contribution is 7.59. The van der Waals surface area contributed by atoms with E-state index in [2.05, 4.69) is 107 Å². The number of benzene rings is 3. The summed E-state index contributed by atoms with van der Waals surface area (Å²) in [7, 11) is -0.935. The molecule has 1 unspecified atom stereocenters. The fourth-order valence-electron chi connectivity index (χ4n) is 4.63. The van der Waals surface area contributed by atoms with E-state index in [-0.39, 0.29) is 10.8 Å². The van der Waals surface area contributed by atoms with E-state index in [4.69, 9.17) is 4.52 Å². The highest BCUT2D eigenvalue weighted by Crippen LogP contribution is 2.47. The maximum Gasteiger partial charge on any atom is 0.197 e. The molecular weight excluding hydrogens is 421 g/mol. The van der Waals surface area contributed by atoms with Crippen LogP contribution in [0, 0.1) is 0 Å². The largest absolute Gasteiger partial charge is 0.453 e. The average Bonchev–Trinajstić information content (AvgIpc) is 3.05. The van der Waals surface area contributed by atoms with Crippen LogP contribution in [0.1, 0.15) is 78.4 Å². The van der Waals surface area contributed by atoms with Crippen LogP contribution in [-0.2, 0) is 10.8 Å². The van der Waals surface area contributed by atoms with Crippen molar-refractivity contribution in [2.24, 2.45) is 0 Å². The van der Waals surface area contributed by atoms with Crippen LogP contribution in [0.15, 0.2) is 60.7 Å². The molecule has 3 aromatic carbocycles. The van der Waals surface area contributed by atoms with E-state index in [9.17, 15) is 0 Å². The molecule has 33 heavy (non-hydrogen) atoms. The summed E-state index contributed by atoms with van der Waals surface area (Å²) in [5.41, 5.74) is 2.79. The molecule has 0 bridgehead atoms. The second-order valence-electron chi connectivity index (χ2n) is 11.4. The van der Waals surface area contributed by atoms with Crippen molar-refractivity contribution in [1.29, 1.82) is 0 Å². The molecule has 1 saturated heterocycles. The van der Waals surface area contributed by atoms with Crippen LogP contribution in [0.5, 0.6) is 5.75 Å². The minimum Gasteiger partial charge on any atom is -0.453 e. The lowest BCUT2D eigenvalue weighted by Gasteiger charge is -2.33. The molecule has 0 spiro atoms. The molecule has 176 valence electrons. The average molecular weight is 462 g/mol. The maximum atomic E-state index is 7.12. The van der Waals surface area contributed by atoms with Gasteiger partial charge in [0.25, 0.3) is 0 Å². The molecule has 0 saturated carbocycles. The van der Waals surface area contributed by atoms with Crippen LogP contribution in [0.2, 0.25) is 0 Å². The lowest BCUT2D eigenvalue weighted by molar-refractivity contribution is 0.425. The Labute approximate surface area is 202 Å². The van der Waals surface area contributed by atoms with E-state index in [0.29, 0.717) is 0 Å². The summed E-state index contributed by atoms with van der Waals surface area (Å²) in [6.07, 6.45) is 5.15. The molecule has 1 heterocycles. The van der Waals surface area contributed by atoms with Crippen molar-refractivity contribution < 1.29 is 4.52 Å². The highest BCUT2D eigenvalue weighted by atomic mass is 31.2. The van der Waals surface area contributed by atoms with Crippen LogP contribution in [0.3, 0.4) is 0 Å². The Balaban J connectivity index is 1.82. The topological polar surface area (TPSA) is 12.5 Å². The van der Waals surface area contributed by atoms with E-state index in [1.54, 1.807) is 0 Å². The van der Waals surface area contributed by atoms with Crippen molar-refractivity contribution in [2.75, 3.05) is 13.1 Å². The molecule has 1 aliphatic heterocycles. The summed E-state index contributed by atoms with van der Waals surface area (Å²) >= 11 is 0. The van der Waals surface area contributed by atoms with Crippen molar-refractivity contribution in [1.82, 2.24) is 4.67 Å². The maximum absolute atomic E-state index is 7.12. The van der Waals surface area contributed by atoms with Crippen LogP contribution in [0.25, 0.3) is 10.8 Å². The fourth-order valence-corrected chi connectivity index (χ4v) is 6.76. The second kappa shape index (κ2) is 9.77. The van der Waals surface area contributed by atoms with Gasteiger partial charge in [0.2, 0.25) is 0 Å². The normalized spacial score (nSPS) is 17.0. The van der Waals surface area contributed by atoms with Gasteiger partial charge >= 0.3 is 0 Å². The Hall–Kier alpha value is -1.89. The van der Waals surface area contributed by atoms with Gasteiger partial charge in [0.15, 0.2) is 8.30 Å². The third-order valence-electron chi connectivity index (χ3n) is 6.65. The van der Waals surface area contributed by atoms with Gasteiger partial charge in [-0.05, 0) is 52.1 Å². The third kappa shape index (κ3) is 5.61. The summed E-state index contributed by atoms with van der Waals surface area (Å²) in [5.74, 6) is 1.04. The lowest BCUT2D eigenvalue weighted by Crippen LogP contribution is -2.27. The Morgan fingerprint density at radius 3 is 2.06 bits per heavy atom. The SMILES string of the molecule is CC(C)(C)c1ccc(OP(c2cccc3ccccc23)N2CCCCCC2)c(C(C)(C)C)c1. The minimum atomic E-state index is -0.935. The van der Waals surface area contributed by atoms with Crippen LogP contribution >= 0.6 is 8.30 Å². The molecule has 0 N–H and O–H groups in total. The summed E-state index contributed by atoms with van der Waals surface area (Å²) in [4.78, 5) is 0.